The van der Waals surface area contributed by atoms with Crippen LogP contribution in [0, 0.1) is 5.92 Å². The summed E-state index contributed by atoms with van der Waals surface area (Å²) in [6.07, 6.45) is 31.7. The van der Waals surface area contributed by atoms with E-state index in [0.29, 0.717) is 12.3 Å². The van der Waals surface area contributed by atoms with Gasteiger partial charge in [0.15, 0.2) is 0 Å². The van der Waals surface area contributed by atoms with Crippen LogP contribution in [0.5, 0.6) is 0 Å². The number of aliphatic hydroxyl groups is 3. The van der Waals surface area contributed by atoms with Gasteiger partial charge in [-0.3, -0.25) is 4.79 Å². The lowest BCUT2D eigenvalue weighted by Crippen LogP contribution is -2.15. The lowest BCUT2D eigenvalue weighted by Gasteiger charge is -2.14. The molecule has 0 aromatic rings. The number of aliphatic carboxylic acids is 1. The van der Waals surface area contributed by atoms with Gasteiger partial charge in [-0.25, -0.2) is 0 Å². The molecule has 5 heteroatoms. The molecular formula is C32H66O5. The molecule has 5 nitrogen and oxygen atoms in total. The smallest absolute Gasteiger partial charge is 0.303 e. The van der Waals surface area contributed by atoms with Crippen molar-refractivity contribution in [1.29, 1.82) is 0 Å². The Bertz CT molecular complexity index is 425. The van der Waals surface area contributed by atoms with Crippen LogP contribution in [0.2, 0.25) is 0 Å². The maximum Gasteiger partial charge on any atom is 0.303 e. The number of carboxylic acids is 1. The van der Waals surface area contributed by atoms with Gasteiger partial charge in [0.05, 0.1) is 13.2 Å². The van der Waals surface area contributed by atoms with Gasteiger partial charge in [0.2, 0.25) is 0 Å². The summed E-state index contributed by atoms with van der Waals surface area (Å²) in [7, 11) is 0. The lowest BCUT2D eigenvalue weighted by atomic mass is 9.91. The normalized spacial score (nSPS) is 11.9. The van der Waals surface area contributed by atoms with Crippen LogP contribution in [0.4, 0.5) is 0 Å². The zero-order valence-electron chi connectivity index (χ0n) is 24.9. The molecular weight excluding hydrogens is 464 g/mol. The summed E-state index contributed by atoms with van der Waals surface area (Å²) in [5, 5.41) is 33.3. The second-order valence-electron chi connectivity index (χ2n) is 11.1. The zero-order chi connectivity index (χ0) is 27.8. The quantitative estimate of drug-likeness (QED) is 0.0757. The van der Waals surface area contributed by atoms with Crippen LogP contribution < -0.4 is 0 Å². The van der Waals surface area contributed by atoms with Crippen molar-refractivity contribution in [2.75, 3.05) is 13.2 Å². The predicted molar refractivity (Wildman–Crippen MR) is 158 cm³/mol. The minimum absolute atomic E-state index is 0.365. The van der Waals surface area contributed by atoms with E-state index >= 15 is 0 Å². The third kappa shape index (κ3) is 35.4. The second kappa shape index (κ2) is 33.4. The van der Waals surface area contributed by atoms with Crippen LogP contribution in [-0.4, -0.2) is 45.7 Å². The highest BCUT2D eigenvalue weighted by atomic mass is 16.4. The van der Waals surface area contributed by atoms with Gasteiger partial charge >= 0.3 is 5.97 Å². The number of carbonyl (C=O) groups is 1. The number of hydrogen-bond donors (Lipinski definition) is 4. The van der Waals surface area contributed by atoms with E-state index in [-0.39, 0.29) is 13.2 Å². The average Bonchev–Trinajstić information content (AvgIpc) is 2.89. The summed E-state index contributed by atoms with van der Waals surface area (Å²) in [6.45, 7) is 3.82. The van der Waals surface area contributed by atoms with Crippen LogP contribution in [0.25, 0.3) is 0 Å². The third-order valence-corrected chi connectivity index (χ3v) is 7.32. The van der Waals surface area contributed by atoms with Gasteiger partial charge in [-0.15, -0.1) is 0 Å². The molecule has 1 unspecified atom stereocenters. The van der Waals surface area contributed by atoms with Gasteiger partial charge in [-0.2, -0.15) is 0 Å². The topological polar surface area (TPSA) is 98.0 Å². The van der Waals surface area contributed by atoms with Gasteiger partial charge in [0.1, 0.15) is 6.10 Å². The fourth-order valence-electron chi connectivity index (χ4n) is 4.85. The Balaban J connectivity index is 0. The molecule has 0 aromatic heterocycles. The van der Waals surface area contributed by atoms with E-state index in [0.717, 1.165) is 12.8 Å². The number of carboxylic acid groups (broad SMARTS) is 1. The lowest BCUT2D eigenvalue weighted by molar-refractivity contribution is -0.138. The van der Waals surface area contributed by atoms with E-state index in [9.17, 15) is 9.90 Å². The molecule has 0 rings (SSSR count). The Kier molecular flexibility index (Phi) is 34.7. The fraction of sp³-hybridized carbons (Fsp3) is 0.969. The van der Waals surface area contributed by atoms with Crippen LogP contribution >= 0.6 is 0 Å². The number of hydrogen-bond acceptors (Lipinski definition) is 4. The summed E-state index contributed by atoms with van der Waals surface area (Å²) in [6, 6.07) is 0. The first-order valence-corrected chi connectivity index (χ1v) is 16.1. The molecule has 0 aliphatic carbocycles. The first kappa shape index (κ1) is 38.5. The molecule has 0 heterocycles. The van der Waals surface area contributed by atoms with Gasteiger partial charge < -0.3 is 20.4 Å². The highest BCUT2D eigenvalue weighted by Crippen LogP contribution is 2.22. The molecule has 0 aliphatic rings. The summed E-state index contributed by atoms with van der Waals surface area (Å²) in [5.41, 5.74) is 0. The predicted octanol–water partition coefficient (Wildman–Crippen LogP) is 8.81. The Labute approximate surface area is 230 Å². The van der Waals surface area contributed by atoms with E-state index in [1.807, 2.05) is 0 Å². The van der Waals surface area contributed by atoms with E-state index in [4.69, 9.17) is 15.3 Å². The van der Waals surface area contributed by atoms with E-state index < -0.39 is 12.1 Å². The highest BCUT2D eigenvalue weighted by molar-refractivity contribution is 5.66. The van der Waals surface area contributed by atoms with Gasteiger partial charge in [-0.05, 0) is 18.8 Å². The van der Waals surface area contributed by atoms with Crippen LogP contribution in [0.15, 0.2) is 0 Å². The van der Waals surface area contributed by atoms with Crippen molar-refractivity contribution in [2.24, 2.45) is 5.92 Å². The molecule has 0 spiro atoms. The van der Waals surface area contributed by atoms with Crippen LogP contribution in [0.3, 0.4) is 0 Å². The SMILES string of the molecule is CCCCCCCCCCCCCCC(CCCCCCCCCCCC)CC(=O)O.OCC(O)CO. The zero-order valence-corrected chi connectivity index (χ0v) is 24.9. The van der Waals surface area contributed by atoms with Gasteiger partial charge in [-0.1, -0.05) is 155 Å². The van der Waals surface area contributed by atoms with Crippen LogP contribution in [0.1, 0.15) is 174 Å². The Hall–Kier alpha value is -0.650. The molecule has 0 saturated carbocycles. The van der Waals surface area contributed by atoms with Crippen LogP contribution in [-0.2, 0) is 4.79 Å². The van der Waals surface area contributed by atoms with E-state index in [1.165, 1.54) is 141 Å². The average molecular weight is 531 g/mol. The molecule has 0 fully saturated rings. The molecule has 37 heavy (non-hydrogen) atoms. The van der Waals surface area contributed by atoms with E-state index in [2.05, 4.69) is 13.8 Å². The molecule has 0 aliphatic heterocycles. The van der Waals surface area contributed by atoms with Crippen molar-refractivity contribution in [3.63, 3.8) is 0 Å². The summed E-state index contributed by atoms with van der Waals surface area (Å²) in [5.74, 6) is -0.189. The summed E-state index contributed by atoms with van der Waals surface area (Å²) < 4.78 is 0. The maximum absolute atomic E-state index is 11.2. The second-order valence-corrected chi connectivity index (χ2v) is 11.1. The molecule has 0 saturated heterocycles. The Morgan fingerprint density at radius 1 is 0.514 bits per heavy atom. The number of rotatable bonds is 28. The molecule has 0 aromatic carbocycles. The fourth-order valence-corrected chi connectivity index (χ4v) is 4.85. The van der Waals surface area contributed by atoms with Crippen molar-refractivity contribution in [3.8, 4) is 0 Å². The number of unbranched alkanes of at least 4 members (excludes halogenated alkanes) is 20. The van der Waals surface area contributed by atoms with Crippen molar-refractivity contribution >= 4 is 5.97 Å². The molecule has 0 radical (unpaired) electrons. The number of aliphatic hydroxyl groups excluding tert-OH is 3. The van der Waals surface area contributed by atoms with Crippen molar-refractivity contribution in [1.82, 2.24) is 0 Å². The molecule has 224 valence electrons. The first-order valence-electron chi connectivity index (χ1n) is 16.1. The maximum atomic E-state index is 11.2. The summed E-state index contributed by atoms with van der Waals surface area (Å²) >= 11 is 0. The molecule has 0 amide bonds. The molecule has 4 N–H and O–H groups in total. The Morgan fingerprint density at radius 3 is 1.00 bits per heavy atom. The van der Waals surface area contributed by atoms with E-state index in [1.54, 1.807) is 0 Å². The highest BCUT2D eigenvalue weighted by Gasteiger charge is 2.12. The standard InChI is InChI=1S/C29H58O2.C3H8O3/c1-3-5-7-9-11-13-15-16-18-20-22-24-26-28(27-29(30)31)25-23-21-19-17-14-12-10-8-6-4-2;4-1-3(6)2-5/h28H,3-27H2,1-2H3,(H,30,31);3-6H,1-2H2. The third-order valence-electron chi connectivity index (χ3n) is 7.32. The molecule has 0 bridgehead atoms. The summed E-state index contributed by atoms with van der Waals surface area (Å²) in [4.78, 5) is 11.2. The first-order chi connectivity index (χ1) is 18.0. The minimum atomic E-state index is -0.954. The largest absolute Gasteiger partial charge is 0.481 e. The van der Waals surface area contributed by atoms with Gasteiger partial charge in [0, 0.05) is 6.42 Å². The monoisotopic (exact) mass is 530 g/mol. The van der Waals surface area contributed by atoms with Crippen molar-refractivity contribution in [2.45, 2.75) is 180 Å². The minimum Gasteiger partial charge on any atom is -0.481 e. The van der Waals surface area contributed by atoms with Crippen molar-refractivity contribution in [3.05, 3.63) is 0 Å². The van der Waals surface area contributed by atoms with Gasteiger partial charge in [0.25, 0.3) is 0 Å². The Morgan fingerprint density at radius 2 is 0.784 bits per heavy atom. The van der Waals surface area contributed by atoms with Crippen molar-refractivity contribution < 1.29 is 25.2 Å². The molecule has 1 atom stereocenters.